The van der Waals surface area contributed by atoms with E-state index in [0.717, 1.165) is 19.3 Å². The van der Waals surface area contributed by atoms with E-state index in [2.05, 4.69) is 12.2 Å². The molecule has 1 aromatic carbocycles. The van der Waals surface area contributed by atoms with Crippen molar-refractivity contribution in [3.8, 4) is 0 Å². The molecule has 0 saturated carbocycles. The van der Waals surface area contributed by atoms with Gasteiger partial charge in [0.25, 0.3) is 0 Å². The van der Waals surface area contributed by atoms with Crippen LogP contribution in [-0.4, -0.2) is 28.8 Å². The molecule has 0 fully saturated rings. The Morgan fingerprint density at radius 1 is 0.828 bits per heavy atom. The fraction of sp³-hybridized carbons (Fsp3) is 0.600. The predicted octanol–water partition coefficient (Wildman–Crippen LogP) is 6.01. The molecule has 4 heteroatoms. The lowest BCUT2D eigenvalue weighted by Gasteiger charge is -2.27. The van der Waals surface area contributed by atoms with Crippen LogP contribution in [0.5, 0.6) is 0 Å². The average Bonchev–Trinajstić information content (AvgIpc) is 2.70. The second kappa shape index (κ2) is 11.9. The van der Waals surface area contributed by atoms with Crippen molar-refractivity contribution in [3.05, 3.63) is 41.0 Å². The summed E-state index contributed by atoms with van der Waals surface area (Å²) in [6.07, 6.45) is 11.8. The molecule has 1 aliphatic rings. The Labute approximate surface area is 175 Å². The summed E-state index contributed by atoms with van der Waals surface area (Å²) in [6.45, 7) is 6.27. The van der Waals surface area contributed by atoms with E-state index in [4.69, 9.17) is 0 Å². The topological polar surface area (TPSA) is 66.4 Å². The molecule has 1 aliphatic carbocycles. The number of aliphatic hydroxyl groups excluding tert-OH is 1. The van der Waals surface area contributed by atoms with Crippen LogP contribution in [0.1, 0.15) is 101 Å². The maximum Gasteiger partial charge on any atom is 0.234 e. The molecule has 1 unspecified atom stereocenters. The quantitative estimate of drug-likeness (QED) is 0.315. The number of fused-ring (bicyclic) bond motifs is 1. The van der Waals surface area contributed by atoms with Crippen molar-refractivity contribution < 1.29 is 14.7 Å². The first-order valence-corrected chi connectivity index (χ1v) is 11.3. The molecule has 0 heterocycles. The van der Waals surface area contributed by atoms with Gasteiger partial charge in [0.2, 0.25) is 11.6 Å². The number of hydrogen-bond donors (Lipinski definition) is 2. The molecular formula is C25H37NO3. The Bertz CT molecular complexity index is 721. The molecule has 2 N–H and O–H groups in total. The number of carbonyl (C=O) groups is 2. The summed E-state index contributed by atoms with van der Waals surface area (Å²) in [4.78, 5) is 25.3. The summed E-state index contributed by atoms with van der Waals surface area (Å²) in [5, 5.41) is 14.2. The summed E-state index contributed by atoms with van der Waals surface area (Å²) < 4.78 is 0. The van der Waals surface area contributed by atoms with E-state index >= 15 is 0 Å². The molecule has 0 bridgehead atoms. The lowest BCUT2D eigenvalue weighted by atomic mass is 9.83. The molecule has 0 radical (unpaired) electrons. The first-order chi connectivity index (χ1) is 14.0. The van der Waals surface area contributed by atoms with Gasteiger partial charge in [0.1, 0.15) is 5.76 Å². The molecule has 4 nitrogen and oxygen atoms in total. The number of carbonyl (C=O) groups excluding carboxylic acids is 2. The van der Waals surface area contributed by atoms with Gasteiger partial charge in [-0.05, 0) is 6.42 Å². The highest BCUT2D eigenvalue weighted by Crippen LogP contribution is 2.31. The van der Waals surface area contributed by atoms with Crippen molar-refractivity contribution in [1.82, 2.24) is 5.32 Å². The SMILES string of the molecule is CCCCCCCCCCCC(NC(C)C)C1=C(O)c2ccccc2C(=O)C1=O. The van der Waals surface area contributed by atoms with Gasteiger partial charge in [-0.1, -0.05) is 103 Å². The Balaban J connectivity index is 1.99. The summed E-state index contributed by atoms with van der Waals surface area (Å²) in [5.41, 5.74) is 1.00. The molecule has 1 aromatic rings. The molecule has 0 aliphatic heterocycles. The van der Waals surface area contributed by atoms with Crippen LogP contribution in [0, 0.1) is 0 Å². The first kappa shape index (κ1) is 23.3. The molecule has 0 saturated heterocycles. The highest BCUT2D eigenvalue weighted by molar-refractivity contribution is 6.52. The maximum atomic E-state index is 12.8. The average molecular weight is 400 g/mol. The maximum absolute atomic E-state index is 12.8. The Kier molecular flexibility index (Phi) is 9.59. The van der Waals surface area contributed by atoms with Crippen molar-refractivity contribution in [3.63, 3.8) is 0 Å². The smallest absolute Gasteiger partial charge is 0.234 e. The number of benzene rings is 1. The van der Waals surface area contributed by atoms with E-state index in [1.54, 1.807) is 24.3 Å². The molecular weight excluding hydrogens is 362 g/mol. The number of ketones is 2. The third-order valence-corrected chi connectivity index (χ3v) is 5.61. The molecule has 0 aromatic heterocycles. The molecule has 0 spiro atoms. The van der Waals surface area contributed by atoms with Gasteiger partial charge in [0, 0.05) is 23.2 Å². The molecule has 29 heavy (non-hydrogen) atoms. The van der Waals surface area contributed by atoms with Gasteiger partial charge < -0.3 is 10.4 Å². The van der Waals surface area contributed by atoms with Crippen LogP contribution in [0.25, 0.3) is 5.76 Å². The van der Waals surface area contributed by atoms with Gasteiger partial charge in [0.05, 0.1) is 5.57 Å². The van der Waals surface area contributed by atoms with Crippen LogP contribution in [0.4, 0.5) is 0 Å². The first-order valence-electron chi connectivity index (χ1n) is 11.3. The normalized spacial score (nSPS) is 15.2. The van der Waals surface area contributed by atoms with Crippen LogP contribution in [-0.2, 0) is 4.79 Å². The Morgan fingerprint density at radius 3 is 1.97 bits per heavy atom. The Hall–Kier alpha value is -1.94. The zero-order valence-electron chi connectivity index (χ0n) is 18.3. The number of Topliss-reactive ketones (excluding diaryl/α,β-unsaturated/α-hetero) is 2. The van der Waals surface area contributed by atoms with E-state index < -0.39 is 11.6 Å². The standard InChI is InChI=1S/C25H37NO3/c1-4-5-6-7-8-9-10-11-12-17-21(26-18(2)3)22-23(27)19-15-13-14-16-20(19)24(28)25(22)29/h13-16,18,21,26-27H,4-12,17H2,1-3H3. The number of rotatable bonds is 13. The third kappa shape index (κ3) is 6.53. The van der Waals surface area contributed by atoms with Gasteiger partial charge >= 0.3 is 0 Å². The van der Waals surface area contributed by atoms with Gasteiger partial charge in [-0.15, -0.1) is 0 Å². The third-order valence-electron chi connectivity index (χ3n) is 5.61. The van der Waals surface area contributed by atoms with Crippen LogP contribution in [0.3, 0.4) is 0 Å². The summed E-state index contributed by atoms with van der Waals surface area (Å²) in [5.74, 6) is -1.13. The minimum absolute atomic E-state index is 0.0423. The monoisotopic (exact) mass is 399 g/mol. The molecule has 0 amide bonds. The number of aliphatic hydroxyl groups is 1. The summed E-state index contributed by atoms with van der Waals surface area (Å²) >= 11 is 0. The van der Waals surface area contributed by atoms with Gasteiger partial charge in [0.15, 0.2) is 0 Å². The van der Waals surface area contributed by atoms with Gasteiger partial charge in [-0.2, -0.15) is 0 Å². The minimum Gasteiger partial charge on any atom is -0.507 e. The zero-order valence-corrected chi connectivity index (χ0v) is 18.3. The highest BCUT2D eigenvalue weighted by atomic mass is 16.3. The second-order valence-corrected chi connectivity index (χ2v) is 8.46. The van der Waals surface area contributed by atoms with Crippen LogP contribution >= 0.6 is 0 Å². The largest absolute Gasteiger partial charge is 0.507 e. The number of unbranched alkanes of at least 4 members (excludes halogenated alkanes) is 8. The Morgan fingerprint density at radius 2 is 1.38 bits per heavy atom. The lowest BCUT2D eigenvalue weighted by molar-refractivity contribution is -0.112. The van der Waals surface area contributed by atoms with Crippen molar-refractivity contribution in [2.75, 3.05) is 0 Å². The molecule has 1 atom stereocenters. The number of nitrogens with one attached hydrogen (secondary N) is 1. The van der Waals surface area contributed by atoms with Gasteiger partial charge in [-0.3, -0.25) is 9.59 Å². The summed E-state index contributed by atoms with van der Waals surface area (Å²) in [7, 11) is 0. The van der Waals surface area contributed by atoms with Crippen molar-refractivity contribution in [1.29, 1.82) is 0 Å². The van der Waals surface area contributed by atoms with Gasteiger partial charge in [-0.25, -0.2) is 0 Å². The second-order valence-electron chi connectivity index (χ2n) is 8.46. The van der Waals surface area contributed by atoms with E-state index in [0.29, 0.717) is 11.1 Å². The van der Waals surface area contributed by atoms with Crippen LogP contribution in [0.2, 0.25) is 0 Å². The summed E-state index contributed by atoms with van der Waals surface area (Å²) in [6, 6.07) is 6.66. The van der Waals surface area contributed by atoms with E-state index in [1.165, 1.54) is 44.9 Å². The van der Waals surface area contributed by atoms with E-state index in [9.17, 15) is 14.7 Å². The minimum atomic E-state index is -0.574. The molecule has 2 rings (SSSR count). The van der Waals surface area contributed by atoms with Crippen molar-refractivity contribution in [2.24, 2.45) is 0 Å². The van der Waals surface area contributed by atoms with Crippen molar-refractivity contribution in [2.45, 2.75) is 97.1 Å². The van der Waals surface area contributed by atoms with E-state index in [1.807, 2.05) is 13.8 Å². The van der Waals surface area contributed by atoms with Crippen LogP contribution in [0.15, 0.2) is 29.8 Å². The fourth-order valence-electron chi connectivity index (χ4n) is 4.08. The van der Waals surface area contributed by atoms with Crippen molar-refractivity contribution >= 4 is 17.3 Å². The predicted molar refractivity (Wildman–Crippen MR) is 119 cm³/mol. The molecule has 160 valence electrons. The van der Waals surface area contributed by atoms with Crippen LogP contribution < -0.4 is 5.32 Å². The van der Waals surface area contributed by atoms with E-state index in [-0.39, 0.29) is 23.4 Å². The fourth-order valence-corrected chi connectivity index (χ4v) is 4.08. The zero-order chi connectivity index (χ0) is 21.2. The lowest BCUT2D eigenvalue weighted by Crippen LogP contribution is -2.42. The number of hydrogen-bond acceptors (Lipinski definition) is 4. The highest BCUT2D eigenvalue weighted by Gasteiger charge is 2.36.